The van der Waals surface area contributed by atoms with Gasteiger partial charge in [-0.1, -0.05) is 11.6 Å². The predicted molar refractivity (Wildman–Crippen MR) is 69.8 cm³/mol. The smallest absolute Gasteiger partial charge is 0.271 e. The number of halogens is 1. The van der Waals surface area contributed by atoms with Crippen LogP contribution >= 0.6 is 11.6 Å². The summed E-state index contributed by atoms with van der Waals surface area (Å²) in [6.45, 7) is 0. The Morgan fingerprint density at radius 1 is 1.22 bits per heavy atom. The summed E-state index contributed by atoms with van der Waals surface area (Å²) < 4.78 is 0. The molecule has 0 spiro atoms. The highest BCUT2D eigenvalue weighted by Crippen LogP contribution is 2.12. The van der Waals surface area contributed by atoms with Gasteiger partial charge in [-0.3, -0.25) is 9.59 Å². The van der Waals surface area contributed by atoms with Crippen LogP contribution in [-0.2, 0) is 4.79 Å². The number of rotatable bonds is 2. The number of hydrazone groups is 1. The fraction of sp³-hybridized carbons (Fsp3) is 0.308. The van der Waals surface area contributed by atoms with Crippen molar-refractivity contribution in [3.63, 3.8) is 0 Å². The van der Waals surface area contributed by atoms with Gasteiger partial charge in [0.15, 0.2) is 0 Å². The maximum absolute atomic E-state index is 11.7. The largest absolute Gasteiger partial charge is 0.299 e. The average Bonchev–Trinajstić information content (AvgIpc) is 2.37. The molecule has 2 rings (SSSR count). The fourth-order valence-electron chi connectivity index (χ4n) is 1.79. The van der Waals surface area contributed by atoms with Crippen LogP contribution in [0, 0.1) is 0 Å². The average molecular weight is 265 g/mol. The minimum absolute atomic E-state index is 0.181. The van der Waals surface area contributed by atoms with Crippen LogP contribution in [0.5, 0.6) is 0 Å². The summed E-state index contributed by atoms with van der Waals surface area (Å²) >= 11 is 5.73. The van der Waals surface area contributed by atoms with Gasteiger partial charge in [-0.25, -0.2) is 5.43 Å². The van der Waals surface area contributed by atoms with Crippen LogP contribution in [-0.4, -0.2) is 17.4 Å². The van der Waals surface area contributed by atoms with Crippen molar-refractivity contribution in [2.75, 3.05) is 0 Å². The molecule has 1 saturated carbocycles. The summed E-state index contributed by atoms with van der Waals surface area (Å²) in [6, 6.07) is 6.55. The Morgan fingerprint density at radius 3 is 2.61 bits per heavy atom. The highest BCUT2D eigenvalue weighted by molar-refractivity contribution is 6.30. The van der Waals surface area contributed by atoms with Crippen LogP contribution < -0.4 is 5.43 Å². The second kappa shape index (κ2) is 5.78. The minimum Gasteiger partial charge on any atom is -0.299 e. The molecule has 1 N–H and O–H groups in total. The number of benzene rings is 1. The summed E-state index contributed by atoms with van der Waals surface area (Å²) in [5.74, 6) is -0.113. The second-order valence-electron chi connectivity index (χ2n) is 4.19. The molecular formula is C13H13ClN2O2. The molecule has 1 aromatic carbocycles. The van der Waals surface area contributed by atoms with Crippen molar-refractivity contribution >= 4 is 29.0 Å². The lowest BCUT2D eigenvalue weighted by Gasteiger charge is -2.11. The number of nitrogens with one attached hydrogen (secondary N) is 1. The number of carbonyl (C=O) groups excluding carboxylic acids is 2. The van der Waals surface area contributed by atoms with Gasteiger partial charge in [-0.05, 0) is 37.1 Å². The van der Waals surface area contributed by atoms with Crippen molar-refractivity contribution in [2.45, 2.75) is 25.7 Å². The summed E-state index contributed by atoms with van der Waals surface area (Å²) in [6.07, 6.45) is 2.55. The van der Waals surface area contributed by atoms with E-state index in [-0.39, 0.29) is 11.7 Å². The normalized spacial score (nSPS) is 17.8. The third kappa shape index (κ3) is 3.40. The van der Waals surface area contributed by atoms with Crippen molar-refractivity contribution in [1.82, 2.24) is 5.43 Å². The highest BCUT2D eigenvalue weighted by atomic mass is 35.5. The molecule has 0 radical (unpaired) electrons. The van der Waals surface area contributed by atoms with Crippen LogP contribution in [0.15, 0.2) is 29.4 Å². The lowest BCUT2D eigenvalue weighted by molar-refractivity contribution is -0.118. The Kier molecular flexibility index (Phi) is 4.10. The molecular weight excluding hydrogens is 252 g/mol. The molecule has 1 aliphatic rings. The molecule has 0 unspecified atom stereocenters. The monoisotopic (exact) mass is 264 g/mol. The van der Waals surface area contributed by atoms with E-state index in [0.29, 0.717) is 23.4 Å². The first-order chi connectivity index (χ1) is 8.65. The van der Waals surface area contributed by atoms with Gasteiger partial charge in [0, 0.05) is 29.1 Å². The molecule has 0 aromatic heterocycles. The Morgan fingerprint density at radius 2 is 1.94 bits per heavy atom. The number of Topliss-reactive ketones (excluding diaryl/α,β-unsaturated/α-hetero) is 1. The molecule has 94 valence electrons. The van der Waals surface area contributed by atoms with Gasteiger partial charge in [-0.2, -0.15) is 5.10 Å². The van der Waals surface area contributed by atoms with Crippen LogP contribution in [0.25, 0.3) is 0 Å². The topological polar surface area (TPSA) is 58.5 Å². The molecule has 4 nitrogen and oxygen atoms in total. The predicted octanol–water partition coefficient (Wildman–Crippen LogP) is 2.57. The fourth-order valence-corrected chi connectivity index (χ4v) is 1.91. The van der Waals surface area contributed by atoms with E-state index in [4.69, 9.17) is 11.6 Å². The minimum atomic E-state index is -0.294. The van der Waals surface area contributed by atoms with Crippen molar-refractivity contribution in [3.8, 4) is 0 Å². The zero-order valence-electron chi connectivity index (χ0n) is 9.78. The Bertz CT molecular complexity index is 494. The first kappa shape index (κ1) is 12.8. The lowest BCUT2D eigenvalue weighted by Crippen LogP contribution is -2.22. The molecule has 0 saturated heterocycles. The molecule has 0 heterocycles. The third-order valence-electron chi connectivity index (χ3n) is 2.74. The van der Waals surface area contributed by atoms with Crippen molar-refractivity contribution in [1.29, 1.82) is 0 Å². The van der Waals surface area contributed by atoms with E-state index in [1.165, 1.54) is 0 Å². The molecule has 1 aliphatic carbocycles. The lowest BCUT2D eigenvalue weighted by atomic mass is 9.97. The Hall–Kier alpha value is -1.68. The molecule has 1 fully saturated rings. The standard InChI is InChI=1S/C13H13ClN2O2/c14-10-6-4-9(5-7-10)13(18)16-15-11-2-1-3-12(17)8-11/h4-7H,1-3,8H2,(H,16,18). The van der Waals surface area contributed by atoms with E-state index in [0.717, 1.165) is 18.6 Å². The zero-order valence-corrected chi connectivity index (χ0v) is 10.5. The van der Waals surface area contributed by atoms with E-state index < -0.39 is 0 Å². The number of amides is 1. The van der Waals surface area contributed by atoms with E-state index in [1.807, 2.05) is 0 Å². The van der Waals surface area contributed by atoms with E-state index >= 15 is 0 Å². The van der Waals surface area contributed by atoms with Crippen molar-refractivity contribution < 1.29 is 9.59 Å². The van der Waals surface area contributed by atoms with E-state index in [9.17, 15) is 9.59 Å². The number of carbonyl (C=O) groups is 2. The molecule has 0 atom stereocenters. The van der Waals surface area contributed by atoms with Crippen LogP contribution in [0.1, 0.15) is 36.0 Å². The van der Waals surface area contributed by atoms with Gasteiger partial charge in [0.2, 0.25) is 0 Å². The zero-order chi connectivity index (χ0) is 13.0. The first-order valence-corrected chi connectivity index (χ1v) is 6.16. The maximum Gasteiger partial charge on any atom is 0.271 e. The Balaban J connectivity index is 1.97. The molecule has 1 amide bonds. The van der Waals surface area contributed by atoms with Gasteiger partial charge >= 0.3 is 0 Å². The SMILES string of the molecule is O=C1CCCC(=NNC(=O)c2ccc(Cl)cc2)C1. The quantitative estimate of drug-likeness (QED) is 0.835. The number of hydrogen-bond donors (Lipinski definition) is 1. The second-order valence-corrected chi connectivity index (χ2v) is 4.63. The van der Waals surface area contributed by atoms with Gasteiger partial charge in [-0.15, -0.1) is 0 Å². The first-order valence-electron chi connectivity index (χ1n) is 5.78. The number of ketones is 1. The molecule has 0 aliphatic heterocycles. The number of nitrogens with zero attached hydrogens (tertiary/aromatic N) is 1. The molecule has 18 heavy (non-hydrogen) atoms. The van der Waals surface area contributed by atoms with E-state index in [2.05, 4.69) is 10.5 Å². The van der Waals surface area contributed by atoms with Crippen molar-refractivity contribution in [3.05, 3.63) is 34.9 Å². The highest BCUT2D eigenvalue weighted by Gasteiger charge is 2.14. The van der Waals surface area contributed by atoms with Crippen LogP contribution in [0.4, 0.5) is 0 Å². The van der Waals surface area contributed by atoms with Crippen LogP contribution in [0.2, 0.25) is 5.02 Å². The van der Waals surface area contributed by atoms with Gasteiger partial charge in [0.25, 0.3) is 5.91 Å². The number of hydrogen-bond acceptors (Lipinski definition) is 3. The summed E-state index contributed by atoms with van der Waals surface area (Å²) in [7, 11) is 0. The van der Waals surface area contributed by atoms with Gasteiger partial charge in [0.05, 0.1) is 0 Å². The van der Waals surface area contributed by atoms with Gasteiger partial charge < -0.3 is 0 Å². The molecule has 5 heteroatoms. The molecule has 0 bridgehead atoms. The van der Waals surface area contributed by atoms with Gasteiger partial charge in [0.1, 0.15) is 5.78 Å². The Labute approximate surface area is 110 Å². The van der Waals surface area contributed by atoms with Crippen LogP contribution in [0.3, 0.4) is 0 Å². The van der Waals surface area contributed by atoms with E-state index in [1.54, 1.807) is 24.3 Å². The maximum atomic E-state index is 11.7. The molecule has 1 aromatic rings. The van der Waals surface area contributed by atoms with Crippen molar-refractivity contribution in [2.24, 2.45) is 5.10 Å². The summed E-state index contributed by atoms with van der Waals surface area (Å²) in [4.78, 5) is 23.0. The summed E-state index contributed by atoms with van der Waals surface area (Å²) in [5.41, 5.74) is 3.70. The summed E-state index contributed by atoms with van der Waals surface area (Å²) in [5, 5.41) is 4.58. The third-order valence-corrected chi connectivity index (χ3v) is 3.00.